The number of rotatable bonds is 9. The average Bonchev–Trinajstić information content (AvgIpc) is 2.44. The van der Waals surface area contributed by atoms with Crippen LogP contribution in [0.15, 0.2) is 23.1 Å². The molecule has 0 aromatic heterocycles. The summed E-state index contributed by atoms with van der Waals surface area (Å²) in [5.74, 6) is 1.43. The van der Waals surface area contributed by atoms with E-state index >= 15 is 0 Å². The molecule has 1 aromatic rings. The van der Waals surface area contributed by atoms with Crippen molar-refractivity contribution in [2.24, 2.45) is 0 Å². The Kier molecular flexibility index (Phi) is 7.51. The van der Waals surface area contributed by atoms with Gasteiger partial charge in [0.1, 0.15) is 5.75 Å². The van der Waals surface area contributed by atoms with E-state index in [4.69, 9.17) is 4.74 Å². The van der Waals surface area contributed by atoms with Crippen LogP contribution in [0.1, 0.15) is 19.4 Å². The monoisotopic (exact) mass is 332 g/mol. The molecule has 21 heavy (non-hydrogen) atoms. The smallest absolute Gasteiger partial charge is 0.240 e. The summed E-state index contributed by atoms with van der Waals surface area (Å²) >= 11 is 1.60. The van der Waals surface area contributed by atoms with Crippen LogP contribution in [0.2, 0.25) is 0 Å². The second kappa shape index (κ2) is 8.63. The number of hydrogen-bond acceptors (Lipinski definition) is 5. The molecule has 0 heterocycles. The minimum absolute atomic E-state index is 0.268. The zero-order chi connectivity index (χ0) is 15.9. The number of hydrogen-bond donors (Lipinski definition) is 2. The van der Waals surface area contributed by atoms with Gasteiger partial charge in [-0.25, -0.2) is 13.1 Å². The quantitative estimate of drug-likeness (QED) is 0.675. The van der Waals surface area contributed by atoms with Crippen LogP contribution in [-0.2, 0) is 16.6 Å². The summed E-state index contributed by atoms with van der Waals surface area (Å²) < 4.78 is 32.3. The highest BCUT2D eigenvalue weighted by atomic mass is 32.2. The molecular weight excluding hydrogens is 308 g/mol. The molecule has 0 saturated carbocycles. The SMILES string of the molecule is COc1ccc(S(=O)(=O)NCCSC)cc1CNC(C)C. The molecule has 0 bridgehead atoms. The first kappa shape index (κ1) is 18.3. The molecule has 2 N–H and O–H groups in total. The van der Waals surface area contributed by atoms with E-state index < -0.39 is 10.0 Å². The van der Waals surface area contributed by atoms with E-state index in [9.17, 15) is 8.42 Å². The van der Waals surface area contributed by atoms with Crippen LogP contribution in [0, 0.1) is 0 Å². The number of sulfonamides is 1. The fourth-order valence-corrected chi connectivity index (χ4v) is 3.25. The number of methoxy groups -OCH3 is 1. The van der Waals surface area contributed by atoms with Crippen molar-refractivity contribution in [2.45, 2.75) is 31.3 Å². The van der Waals surface area contributed by atoms with Crippen LogP contribution in [0.4, 0.5) is 0 Å². The van der Waals surface area contributed by atoms with Crippen molar-refractivity contribution in [3.8, 4) is 5.75 Å². The average molecular weight is 332 g/mol. The van der Waals surface area contributed by atoms with Crippen molar-refractivity contribution < 1.29 is 13.2 Å². The third-order valence-electron chi connectivity index (χ3n) is 2.86. The Hall–Kier alpha value is -0.760. The molecule has 7 heteroatoms. The minimum atomic E-state index is -3.47. The van der Waals surface area contributed by atoms with Gasteiger partial charge in [0, 0.05) is 30.4 Å². The fourth-order valence-electron chi connectivity index (χ4n) is 1.74. The Morgan fingerprint density at radius 3 is 2.62 bits per heavy atom. The lowest BCUT2D eigenvalue weighted by Gasteiger charge is -2.14. The van der Waals surface area contributed by atoms with Crippen LogP contribution in [0.25, 0.3) is 0 Å². The Morgan fingerprint density at radius 1 is 1.33 bits per heavy atom. The molecule has 0 spiro atoms. The fraction of sp³-hybridized carbons (Fsp3) is 0.571. The topological polar surface area (TPSA) is 67.4 Å². The molecule has 0 saturated heterocycles. The lowest BCUT2D eigenvalue weighted by Crippen LogP contribution is -2.26. The molecule has 5 nitrogen and oxygen atoms in total. The Bertz CT molecular complexity index is 545. The van der Waals surface area contributed by atoms with E-state index in [2.05, 4.69) is 10.0 Å². The van der Waals surface area contributed by atoms with Crippen LogP contribution in [-0.4, -0.2) is 40.1 Å². The summed E-state index contributed by atoms with van der Waals surface area (Å²) in [6.07, 6.45) is 1.94. The number of ether oxygens (including phenoxy) is 1. The van der Waals surface area contributed by atoms with Crippen LogP contribution < -0.4 is 14.8 Å². The van der Waals surface area contributed by atoms with E-state index in [0.29, 0.717) is 24.9 Å². The van der Waals surface area contributed by atoms with Crippen LogP contribution in [0.5, 0.6) is 5.75 Å². The first-order valence-corrected chi connectivity index (χ1v) is 9.67. The molecular formula is C14H24N2O3S2. The van der Waals surface area contributed by atoms with E-state index in [1.165, 1.54) is 0 Å². The summed E-state index contributed by atoms with van der Waals surface area (Å²) in [4.78, 5) is 0.268. The Balaban J connectivity index is 2.95. The molecule has 0 aliphatic carbocycles. The van der Waals surface area contributed by atoms with E-state index in [-0.39, 0.29) is 4.90 Å². The van der Waals surface area contributed by atoms with Crippen molar-refractivity contribution in [3.05, 3.63) is 23.8 Å². The molecule has 0 radical (unpaired) electrons. The number of thioether (sulfide) groups is 1. The summed E-state index contributed by atoms with van der Waals surface area (Å²) in [7, 11) is -1.88. The van der Waals surface area contributed by atoms with Gasteiger partial charge in [-0.2, -0.15) is 11.8 Å². The minimum Gasteiger partial charge on any atom is -0.496 e. The molecule has 0 aliphatic heterocycles. The predicted octanol–water partition coefficient (Wildman–Crippen LogP) is 1.83. The third kappa shape index (κ3) is 5.86. The van der Waals surface area contributed by atoms with Gasteiger partial charge < -0.3 is 10.1 Å². The molecule has 0 amide bonds. The lowest BCUT2D eigenvalue weighted by molar-refractivity contribution is 0.406. The van der Waals surface area contributed by atoms with Gasteiger partial charge in [0.2, 0.25) is 10.0 Å². The first-order chi connectivity index (χ1) is 9.90. The molecule has 0 aliphatic rings. The molecule has 1 aromatic carbocycles. The zero-order valence-corrected chi connectivity index (χ0v) is 14.6. The third-order valence-corrected chi connectivity index (χ3v) is 4.93. The van der Waals surface area contributed by atoms with E-state index in [1.54, 1.807) is 37.1 Å². The lowest BCUT2D eigenvalue weighted by atomic mass is 10.2. The van der Waals surface area contributed by atoms with Gasteiger partial charge in [-0.15, -0.1) is 0 Å². The largest absolute Gasteiger partial charge is 0.496 e. The molecule has 120 valence electrons. The van der Waals surface area contributed by atoms with E-state index in [1.807, 2.05) is 20.1 Å². The maximum absolute atomic E-state index is 12.2. The second-order valence-corrected chi connectivity index (χ2v) is 7.65. The summed E-state index contributed by atoms with van der Waals surface area (Å²) in [6, 6.07) is 5.24. The van der Waals surface area contributed by atoms with Crippen molar-refractivity contribution in [1.82, 2.24) is 10.0 Å². The summed E-state index contributed by atoms with van der Waals surface area (Å²) in [5.41, 5.74) is 0.832. The number of benzene rings is 1. The van der Waals surface area contributed by atoms with Crippen molar-refractivity contribution in [2.75, 3.05) is 25.7 Å². The summed E-state index contributed by atoms with van der Waals surface area (Å²) in [6.45, 7) is 5.07. The second-order valence-electron chi connectivity index (χ2n) is 4.90. The van der Waals surface area contributed by atoms with Crippen molar-refractivity contribution in [1.29, 1.82) is 0 Å². The van der Waals surface area contributed by atoms with Crippen LogP contribution >= 0.6 is 11.8 Å². The Labute approximate surface area is 131 Å². The van der Waals surface area contributed by atoms with Gasteiger partial charge in [-0.1, -0.05) is 13.8 Å². The van der Waals surface area contributed by atoms with Gasteiger partial charge in [0.15, 0.2) is 0 Å². The first-order valence-electron chi connectivity index (χ1n) is 6.79. The molecule has 0 fully saturated rings. The maximum atomic E-state index is 12.2. The van der Waals surface area contributed by atoms with Crippen molar-refractivity contribution in [3.63, 3.8) is 0 Å². The zero-order valence-electron chi connectivity index (χ0n) is 13.0. The molecule has 1 rings (SSSR count). The highest BCUT2D eigenvalue weighted by molar-refractivity contribution is 7.98. The van der Waals surface area contributed by atoms with Gasteiger partial charge in [0.05, 0.1) is 12.0 Å². The molecule has 0 unspecified atom stereocenters. The maximum Gasteiger partial charge on any atom is 0.240 e. The highest BCUT2D eigenvalue weighted by Gasteiger charge is 2.16. The van der Waals surface area contributed by atoms with E-state index in [0.717, 1.165) is 11.3 Å². The molecule has 0 atom stereocenters. The number of nitrogens with one attached hydrogen (secondary N) is 2. The normalized spacial score (nSPS) is 11.9. The van der Waals surface area contributed by atoms with Gasteiger partial charge in [0.25, 0.3) is 0 Å². The standard InChI is InChI=1S/C14H24N2O3S2/c1-11(2)15-10-12-9-13(5-6-14(12)19-3)21(17,18)16-7-8-20-4/h5-6,9,11,15-16H,7-8,10H2,1-4H3. The Morgan fingerprint density at radius 2 is 2.05 bits per heavy atom. The van der Waals surface area contributed by atoms with Gasteiger partial charge in [-0.05, 0) is 24.5 Å². The predicted molar refractivity (Wildman–Crippen MR) is 88.5 cm³/mol. The van der Waals surface area contributed by atoms with Crippen LogP contribution in [0.3, 0.4) is 0 Å². The summed E-state index contributed by atoms with van der Waals surface area (Å²) in [5, 5.41) is 3.27. The highest BCUT2D eigenvalue weighted by Crippen LogP contribution is 2.22. The van der Waals surface area contributed by atoms with Gasteiger partial charge in [-0.3, -0.25) is 0 Å². The van der Waals surface area contributed by atoms with Gasteiger partial charge >= 0.3 is 0 Å². The van der Waals surface area contributed by atoms with Crippen molar-refractivity contribution >= 4 is 21.8 Å².